The average Bonchev–Trinajstić information content (AvgIpc) is 2.70. The highest BCUT2D eigenvalue weighted by molar-refractivity contribution is 6.00. The second-order valence-electron chi connectivity index (χ2n) is 9.41. The summed E-state index contributed by atoms with van der Waals surface area (Å²) in [6.45, 7) is 14.7. The Morgan fingerprint density at radius 1 is 1.10 bits per heavy atom. The van der Waals surface area contributed by atoms with Crippen LogP contribution in [0.3, 0.4) is 0 Å². The number of piperidine rings is 1. The van der Waals surface area contributed by atoms with Crippen LogP contribution >= 0.6 is 0 Å². The molecule has 0 radical (unpaired) electrons. The van der Waals surface area contributed by atoms with Gasteiger partial charge in [0.15, 0.2) is 0 Å². The first-order valence-corrected chi connectivity index (χ1v) is 11.8. The van der Waals surface area contributed by atoms with Gasteiger partial charge in [0.25, 0.3) is 11.8 Å². The zero-order chi connectivity index (χ0) is 23.0. The largest absolute Gasteiger partial charge is 0.390 e. The molecule has 0 saturated carbocycles. The van der Waals surface area contributed by atoms with Gasteiger partial charge in [0.05, 0.1) is 6.10 Å². The Kier molecular flexibility index (Phi) is 9.97. The van der Waals surface area contributed by atoms with E-state index in [1.165, 1.54) is 6.42 Å². The number of hydrogen-bond acceptors (Lipinski definition) is 4. The summed E-state index contributed by atoms with van der Waals surface area (Å²) in [7, 11) is 0. The molecule has 1 aromatic carbocycles. The highest BCUT2D eigenvalue weighted by atomic mass is 16.3. The number of carbonyl (C=O) groups is 2. The van der Waals surface area contributed by atoms with Gasteiger partial charge in [-0.2, -0.15) is 0 Å². The van der Waals surface area contributed by atoms with Gasteiger partial charge in [0, 0.05) is 50.4 Å². The van der Waals surface area contributed by atoms with Gasteiger partial charge in [-0.25, -0.2) is 0 Å². The maximum absolute atomic E-state index is 12.9. The van der Waals surface area contributed by atoms with Crippen molar-refractivity contribution < 1.29 is 14.7 Å². The van der Waals surface area contributed by atoms with Crippen LogP contribution in [0.15, 0.2) is 18.2 Å². The molecule has 0 bridgehead atoms. The Bertz CT molecular complexity index is 721. The zero-order valence-corrected chi connectivity index (χ0v) is 20.0. The summed E-state index contributed by atoms with van der Waals surface area (Å²) in [4.78, 5) is 29.8. The smallest absolute Gasteiger partial charge is 0.253 e. The van der Waals surface area contributed by atoms with E-state index in [4.69, 9.17) is 0 Å². The van der Waals surface area contributed by atoms with Crippen LogP contribution in [0.2, 0.25) is 0 Å². The second kappa shape index (κ2) is 12.2. The lowest BCUT2D eigenvalue weighted by Gasteiger charge is -2.36. The number of likely N-dealkylation sites (tertiary alicyclic amines) is 1. The van der Waals surface area contributed by atoms with E-state index in [0.717, 1.165) is 31.5 Å². The number of β-amino-alcohol motifs (C(OH)–C–C–N with tert-alkyl or cyclic N) is 1. The number of hydrogen-bond donors (Lipinski definition) is 2. The first-order chi connectivity index (χ1) is 14.7. The van der Waals surface area contributed by atoms with Gasteiger partial charge in [-0.05, 0) is 61.8 Å². The van der Waals surface area contributed by atoms with Crippen molar-refractivity contribution in [2.45, 2.75) is 60.0 Å². The van der Waals surface area contributed by atoms with Gasteiger partial charge in [0.1, 0.15) is 0 Å². The lowest BCUT2D eigenvalue weighted by Crippen LogP contribution is -2.45. The summed E-state index contributed by atoms with van der Waals surface area (Å²) in [6, 6.07) is 5.30. The molecular formula is C25H41N3O3. The Labute approximate surface area is 188 Å². The van der Waals surface area contributed by atoms with E-state index in [1.54, 1.807) is 12.1 Å². The number of nitrogens with zero attached hydrogens (tertiary/aromatic N) is 2. The van der Waals surface area contributed by atoms with Crippen LogP contribution in [0.5, 0.6) is 0 Å². The highest BCUT2D eigenvalue weighted by Gasteiger charge is 2.24. The molecule has 3 unspecified atom stereocenters. The number of benzene rings is 1. The van der Waals surface area contributed by atoms with Crippen molar-refractivity contribution in [3.63, 3.8) is 0 Å². The van der Waals surface area contributed by atoms with E-state index in [-0.39, 0.29) is 18.4 Å². The van der Waals surface area contributed by atoms with E-state index >= 15 is 0 Å². The molecular weight excluding hydrogens is 390 g/mol. The SMILES string of the molecule is CCCN(CCC)C(=O)c1cc(C)cc(C(=O)NCC(O)CN2CC(C)CC(C)C2)c1. The predicted octanol–water partition coefficient (Wildman–Crippen LogP) is 3.33. The maximum atomic E-state index is 12.9. The normalized spacial score (nSPS) is 20.3. The maximum Gasteiger partial charge on any atom is 0.253 e. The molecule has 2 rings (SSSR count). The minimum atomic E-state index is -0.614. The fourth-order valence-corrected chi connectivity index (χ4v) is 4.69. The van der Waals surface area contributed by atoms with Crippen LogP contribution in [0.1, 0.15) is 73.2 Å². The third kappa shape index (κ3) is 7.93. The van der Waals surface area contributed by atoms with E-state index in [0.29, 0.717) is 42.6 Å². The van der Waals surface area contributed by atoms with Crippen molar-refractivity contribution >= 4 is 11.8 Å². The van der Waals surface area contributed by atoms with Crippen molar-refractivity contribution in [2.75, 3.05) is 39.3 Å². The van der Waals surface area contributed by atoms with E-state index < -0.39 is 6.10 Å². The summed E-state index contributed by atoms with van der Waals surface area (Å²) in [5.41, 5.74) is 1.88. The van der Waals surface area contributed by atoms with Crippen molar-refractivity contribution in [3.05, 3.63) is 34.9 Å². The van der Waals surface area contributed by atoms with Crippen LogP contribution in [0, 0.1) is 18.8 Å². The number of carbonyl (C=O) groups excluding carboxylic acids is 2. The van der Waals surface area contributed by atoms with Crippen molar-refractivity contribution in [1.82, 2.24) is 15.1 Å². The van der Waals surface area contributed by atoms with Crippen LogP contribution in [-0.2, 0) is 0 Å². The van der Waals surface area contributed by atoms with Gasteiger partial charge in [-0.1, -0.05) is 27.7 Å². The lowest BCUT2D eigenvalue weighted by atomic mass is 9.92. The summed E-state index contributed by atoms with van der Waals surface area (Å²) in [5.74, 6) is 0.979. The van der Waals surface area contributed by atoms with Crippen molar-refractivity contribution in [3.8, 4) is 0 Å². The monoisotopic (exact) mass is 431 g/mol. The molecule has 6 heteroatoms. The summed E-state index contributed by atoms with van der Waals surface area (Å²) >= 11 is 0. The molecule has 1 saturated heterocycles. The van der Waals surface area contributed by atoms with E-state index in [9.17, 15) is 14.7 Å². The molecule has 174 valence electrons. The molecule has 1 heterocycles. The van der Waals surface area contributed by atoms with E-state index in [1.807, 2.05) is 17.9 Å². The Morgan fingerprint density at radius 2 is 1.68 bits per heavy atom. The Balaban J connectivity index is 1.97. The quantitative estimate of drug-likeness (QED) is 0.596. The third-order valence-corrected chi connectivity index (χ3v) is 5.77. The van der Waals surface area contributed by atoms with Crippen LogP contribution < -0.4 is 5.32 Å². The summed E-state index contributed by atoms with van der Waals surface area (Å²) in [6.07, 6.45) is 2.41. The molecule has 2 N–H and O–H groups in total. The Hall–Kier alpha value is -1.92. The first kappa shape index (κ1) is 25.3. The number of aliphatic hydroxyl groups excluding tert-OH is 1. The molecule has 2 amide bonds. The standard InChI is InChI=1S/C25H41N3O3/c1-6-8-28(9-7-2)25(31)22-12-18(3)11-21(13-22)24(30)26-14-23(29)17-27-15-19(4)10-20(5)16-27/h11-13,19-20,23,29H,6-10,14-17H2,1-5H3,(H,26,30). The van der Waals surface area contributed by atoms with Crippen molar-refractivity contribution in [2.24, 2.45) is 11.8 Å². The third-order valence-electron chi connectivity index (χ3n) is 5.77. The fourth-order valence-electron chi connectivity index (χ4n) is 4.69. The average molecular weight is 432 g/mol. The molecule has 6 nitrogen and oxygen atoms in total. The number of aryl methyl sites for hydroxylation is 1. The summed E-state index contributed by atoms with van der Waals surface area (Å²) < 4.78 is 0. The molecule has 1 aliphatic rings. The van der Waals surface area contributed by atoms with Gasteiger partial charge in [-0.15, -0.1) is 0 Å². The highest BCUT2D eigenvalue weighted by Crippen LogP contribution is 2.21. The molecule has 1 aromatic rings. The van der Waals surface area contributed by atoms with Crippen LogP contribution in [0.4, 0.5) is 0 Å². The van der Waals surface area contributed by atoms with Gasteiger partial charge >= 0.3 is 0 Å². The number of amides is 2. The molecule has 1 fully saturated rings. The van der Waals surface area contributed by atoms with Crippen LogP contribution in [0.25, 0.3) is 0 Å². The molecule has 0 aromatic heterocycles. The fraction of sp³-hybridized carbons (Fsp3) is 0.680. The zero-order valence-electron chi connectivity index (χ0n) is 20.0. The topological polar surface area (TPSA) is 72.9 Å². The molecule has 31 heavy (non-hydrogen) atoms. The van der Waals surface area contributed by atoms with E-state index in [2.05, 4.69) is 37.9 Å². The minimum absolute atomic E-state index is 0.0326. The molecule has 3 atom stereocenters. The number of rotatable bonds is 10. The van der Waals surface area contributed by atoms with Gasteiger partial charge in [-0.3, -0.25) is 9.59 Å². The van der Waals surface area contributed by atoms with Crippen molar-refractivity contribution in [1.29, 1.82) is 0 Å². The molecule has 0 spiro atoms. The molecule has 0 aliphatic carbocycles. The predicted molar refractivity (Wildman–Crippen MR) is 125 cm³/mol. The molecule has 1 aliphatic heterocycles. The Morgan fingerprint density at radius 3 is 2.26 bits per heavy atom. The first-order valence-electron chi connectivity index (χ1n) is 11.8. The van der Waals surface area contributed by atoms with Gasteiger partial charge in [0.2, 0.25) is 0 Å². The second-order valence-corrected chi connectivity index (χ2v) is 9.41. The number of aliphatic hydroxyl groups is 1. The van der Waals surface area contributed by atoms with Crippen LogP contribution in [-0.4, -0.2) is 72.1 Å². The number of nitrogens with one attached hydrogen (secondary N) is 1. The lowest BCUT2D eigenvalue weighted by molar-refractivity contribution is 0.0660. The summed E-state index contributed by atoms with van der Waals surface area (Å²) in [5, 5.41) is 13.3. The van der Waals surface area contributed by atoms with Gasteiger partial charge < -0.3 is 20.2 Å². The minimum Gasteiger partial charge on any atom is -0.390 e.